The number of nitrogens with zero attached hydrogens (tertiary/aromatic N) is 1. The minimum absolute atomic E-state index is 0.0366. The fourth-order valence-corrected chi connectivity index (χ4v) is 0.739. The molecule has 0 unspecified atom stereocenters. The molecule has 0 aliphatic carbocycles. The third-order valence-electron chi connectivity index (χ3n) is 2.08. The highest BCUT2D eigenvalue weighted by Gasteiger charge is 2.04. The molecule has 0 spiro atoms. The van der Waals surface area contributed by atoms with Gasteiger partial charge in [0, 0.05) is 11.1 Å². The summed E-state index contributed by atoms with van der Waals surface area (Å²) in [5.74, 6) is -1.87. The van der Waals surface area contributed by atoms with Crippen LogP contribution in [0.5, 0.6) is 0 Å². The molecule has 9 heteroatoms. The Hall–Kier alpha value is -1.78. The smallest absolute Gasteiger partial charge is 0.330 e. The van der Waals surface area contributed by atoms with Gasteiger partial charge in [0.2, 0.25) is 0 Å². The van der Waals surface area contributed by atoms with E-state index in [-0.39, 0.29) is 37.6 Å². The molecular formula is C16H31NO8. The molecule has 0 saturated carbocycles. The maximum atomic E-state index is 9.60. The van der Waals surface area contributed by atoms with E-state index in [4.69, 9.17) is 30.1 Å². The zero-order valence-corrected chi connectivity index (χ0v) is 15.2. The maximum absolute atomic E-state index is 9.60. The average molecular weight is 365 g/mol. The largest absolute Gasteiger partial charge is 0.478 e. The van der Waals surface area contributed by atoms with Crippen molar-refractivity contribution in [3.63, 3.8) is 0 Å². The van der Waals surface area contributed by atoms with Gasteiger partial charge in [0.25, 0.3) is 0 Å². The standard InChI is InChI=1S/C8H19NO4.2C4H6O2/c1-2-3-4-9(12-7-5-10)13-8-6-11;2*1-3(2)4(5)6/h10-11H,2-8H2,1H3;2*1H2,2H3,(H,5,6). The van der Waals surface area contributed by atoms with Gasteiger partial charge in [-0.05, 0) is 20.3 Å². The van der Waals surface area contributed by atoms with Crippen LogP contribution in [-0.2, 0) is 19.3 Å². The lowest BCUT2D eigenvalue weighted by Gasteiger charge is -2.19. The van der Waals surface area contributed by atoms with Crippen molar-refractivity contribution in [2.24, 2.45) is 0 Å². The van der Waals surface area contributed by atoms with Gasteiger partial charge in [-0.1, -0.05) is 31.7 Å². The molecule has 0 fully saturated rings. The molecule has 0 rings (SSSR count). The molecule has 0 radical (unpaired) electrons. The molecule has 25 heavy (non-hydrogen) atoms. The number of carbonyl (C=O) groups is 2. The Morgan fingerprint density at radius 3 is 1.44 bits per heavy atom. The summed E-state index contributed by atoms with van der Waals surface area (Å²) in [7, 11) is 0. The van der Waals surface area contributed by atoms with Crippen molar-refractivity contribution < 1.29 is 39.7 Å². The quantitative estimate of drug-likeness (QED) is 0.315. The fraction of sp³-hybridized carbons (Fsp3) is 0.625. The molecule has 0 heterocycles. The second-order valence-electron chi connectivity index (χ2n) is 4.69. The summed E-state index contributed by atoms with van der Waals surface area (Å²) in [6.45, 7) is 12.3. The predicted octanol–water partition coefficient (Wildman–Crippen LogP) is 1.23. The van der Waals surface area contributed by atoms with Gasteiger partial charge in [-0.15, -0.1) is 0 Å². The molecule has 0 amide bonds. The van der Waals surface area contributed by atoms with Gasteiger partial charge >= 0.3 is 11.9 Å². The Labute approximate surface area is 148 Å². The summed E-state index contributed by atoms with van der Waals surface area (Å²) in [4.78, 5) is 29.3. The predicted molar refractivity (Wildman–Crippen MR) is 92.6 cm³/mol. The van der Waals surface area contributed by atoms with E-state index >= 15 is 0 Å². The summed E-state index contributed by atoms with van der Waals surface area (Å²) in [6, 6.07) is 0. The molecule has 0 aromatic carbocycles. The van der Waals surface area contributed by atoms with Crippen LogP contribution in [0.15, 0.2) is 24.3 Å². The van der Waals surface area contributed by atoms with E-state index in [0.29, 0.717) is 6.54 Å². The van der Waals surface area contributed by atoms with Gasteiger partial charge in [-0.2, -0.15) is 0 Å². The van der Waals surface area contributed by atoms with Crippen molar-refractivity contribution in [2.45, 2.75) is 33.6 Å². The van der Waals surface area contributed by atoms with Crippen molar-refractivity contribution in [1.82, 2.24) is 5.23 Å². The number of hydrogen-bond acceptors (Lipinski definition) is 7. The molecular weight excluding hydrogens is 334 g/mol. The van der Waals surface area contributed by atoms with Crippen LogP contribution < -0.4 is 0 Å². The Morgan fingerprint density at radius 2 is 1.24 bits per heavy atom. The van der Waals surface area contributed by atoms with E-state index in [1.807, 2.05) is 0 Å². The lowest BCUT2D eigenvalue weighted by Crippen LogP contribution is -2.28. The van der Waals surface area contributed by atoms with Gasteiger partial charge in [0.15, 0.2) is 0 Å². The second kappa shape index (κ2) is 20.3. The summed E-state index contributed by atoms with van der Waals surface area (Å²) < 4.78 is 0. The first-order valence-electron chi connectivity index (χ1n) is 7.66. The van der Waals surface area contributed by atoms with E-state index in [1.165, 1.54) is 19.1 Å². The number of aliphatic hydroxyl groups excluding tert-OH is 2. The lowest BCUT2D eigenvalue weighted by atomic mass is 10.3. The summed E-state index contributed by atoms with van der Waals surface area (Å²) in [6.07, 6.45) is 2.00. The molecule has 0 saturated heterocycles. The highest BCUT2D eigenvalue weighted by molar-refractivity contribution is 5.85. The van der Waals surface area contributed by atoms with Crippen LogP contribution in [0.4, 0.5) is 0 Å². The number of unbranched alkanes of at least 4 members (excludes halogenated alkanes) is 1. The summed E-state index contributed by atoms with van der Waals surface area (Å²) in [5, 5.41) is 34.1. The number of hydroxylamine groups is 2. The summed E-state index contributed by atoms with van der Waals surface area (Å²) in [5.41, 5.74) is 0.352. The van der Waals surface area contributed by atoms with Gasteiger partial charge in [-0.3, -0.25) is 9.68 Å². The molecule has 148 valence electrons. The maximum Gasteiger partial charge on any atom is 0.330 e. The molecule has 4 N–H and O–H groups in total. The fourth-order valence-electron chi connectivity index (χ4n) is 0.739. The average Bonchev–Trinajstić information content (AvgIpc) is 2.55. The lowest BCUT2D eigenvalue weighted by molar-refractivity contribution is -0.371. The van der Waals surface area contributed by atoms with Crippen molar-refractivity contribution in [3.8, 4) is 0 Å². The number of aliphatic hydroxyl groups is 2. The van der Waals surface area contributed by atoms with E-state index < -0.39 is 11.9 Å². The first kappa shape index (κ1) is 28.0. The zero-order chi connectivity index (χ0) is 20.3. The van der Waals surface area contributed by atoms with E-state index in [9.17, 15) is 9.59 Å². The van der Waals surface area contributed by atoms with Crippen LogP contribution in [0.3, 0.4) is 0 Å². The number of aliphatic carboxylic acids is 2. The van der Waals surface area contributed by atoms with Gasteiger partial charge in [-0.25, -0.2) is 9.59 Å². The molecule has 0 bridgehead atoms. The van der Waals surface area contributed by atoms with Crippen molar-refractivity contribution >= 4 is 11.9 Å². The Kier molecular flexibility index (Phi) is 22.7. The van der Waals surface area contributed by atoms with Crippen molar-refractivity contribution in [3.05, 3.63) is 24.3 Å². The monoisotopic (exact) mass is 365 g/mol. The number of carboxylic acids is 2. The topological polar surface area (TPSA) is 137 Å². The molecule has 0 aromatic heterocycles. The van der Waals surface area contributed by atoms with Gasteiger partial charge in [0.05, 0.1) is 33.0 Å². The van der Waals surface area contributed by atoms with Crippen LogP contribution in [-0.4, -0.2) is 70.6 Å². The van der Waals surface area contributed by atoms with Crippen LogP contribution in [0.1, 0.15) is 33.6 Å². The second-order valence-corrected chi connectivity index (χ2v) is 4.69. The highest BCUT2D eigenvalue weighted by Crippen LogP contribution is 1.97. The normalized spacial score (nSPS) is 9.36. The van der Waals surface area contributed by atoms with Crippen LogP contribution in [0.25, 0.3) is 0 Å². The van der Waals surface area contributed by atoms with Crippen LogP contribution in [0.2, 0.25) is 0 Å². The summed E-state index contributed by atoms with van der Waals surface area (Å²) >= 11 is 0. The number of carboxylic acid groups (broad SMARTS) is 2. The minimum atomic E-state index is -0.935. The van der Waals surface area contributed by atoms with Crippen molar-refractivity contribution in [1.29, 1.82) is 0 Å². The Bertz CT molecular complexity index is 317. The highest BCUT2D eigenvalue weighted by atomic mass is 16.9. The third kappa shape index (κ3) is 27.4. The van der Waals surface area contributed by atoms with Crippen LogP contribution >= 0.6 is 0 Å². The SMILES string of the molecule is C=C(C)C(=O)O.C=C(C)C(=O)O.CCCCN(OCCO)OCCO. The molecule has 0 aliphatic heterocycles. The van der Waals surface area contributed by atoms with E-state index in [2.05, 4.69) is 20.1 Å². The van der Waals surface area contributed by atoms with Crippen LogP contribution in [0, 0.1) is 0 Å². The first-order chi connectivity index (χ1) is 11.6. The van der Waals surface area contributed by atoms with Gasteiger partial charge in [0.1, 0.15) is 0 Å². The Morgan fingerprint density at radius 1 is 0.920 bits per heavy atom. The number of rotatable bonds is 11. The first-order valence-corrected chi connectivity index (χ1v) is 7.66. The minimum Gasteiger partial charge on any atom is -0.478 e. The number of hydrogen-bond donors (Lipinski definition) is 4. The molecule has 0 atom stereocenters. The van der Waals surface area contributed by atoms with E-state index in [1.54, 1.807) is 0 Å². The molecule has 9 nitrogen and oxygen atoms in total. The van der Waals surface area contributed by atoms with Gasteiger partial charge < -0.3 is 20.4 Å². The van der Waals surface area contributed by atoms with E-state index in [0.717, 1.165) is 12.8 Å². The van der Waals surface area contributed by atoms with Crippen molar-refractivity contribution in [2.75, 3.05) is 33.0 Å². The molecule has 0 aliphatic rings. The molecule has 0 aromatic rings. The zero-order valence-electron chi connectivity index (χ0n) is 15.2. The Balaban J connectivity index is -0.000000336. The third-order valence-corrected chi connectivity index (χ3v) is 2.08.